The molecular weight excluding hydrogens is 249 g/mol. The number of aromatic nitrogens is 2. The third-order valence-electron chi connectivity index (χ3n) is 2.89. The summed E-state index contributed by atoms with van der Waals surface area (Å²) in [6.45, 7) is 5.36. The third kappa shape index (κ3) is 2.62. The molecule has 0 aliphatic heterocycles. The standard InChI is InChI=1S/C13H14FN3O2/c1-7(12-8(2)17-19-9(12)3)16-13(18)10-4-5-15-6-11(10)14/h4-7H,1-3H3,(H,16,18). The van der Waals surface area contributed by atoms with Gasteiger partial charge in [0.25, 0.3) is 5.91 Å². The van der Waals surface area contributed by atoms with E-state index in [1.807, 2.05) is 0 Å². The predicted molar refractivity (Wildman–Crippen MR) is 66.1 cm³/mol. The molecule has 1 amide bonds. The van der Waals surface area contributed by atoms with Gasteiger partial charge in [0.15, 0.2) is 5.82 Å². The van der Waals surface area contributed by atoms with Gasteiger partial charge in [0, 0.05) is 11.8 Å². The molecule has 0 spiro atoms. The lowest BCUT2D eigenvalue weighted by Gasteiger charge is -2.13. The summed E-state index contributed by atoms with van der Waals surface area (Å²) in [7, 11) is 0. The smallest absolute Gasteiger partial charge is 0.254 e. The Hall–Kier alpha value is -2.24. The molecule has 0 bridgehead atoms. The van der Waals surface area contributed by atoms with Gasteiger partial charge in [-0.25, -0.2) is 4.39 Å². The van der Waals surface area contributed by atoms with Crippen LogP contribution in [0.3, 0.4) is 0 Å². The van der Waals surface area contributed by atoms with Gasteiger partial charge in [0.1, 0.15) is 5.76 Å². The van der Waals surface area contributed by atoms with Gasteiger partial charge >= 0.3 is 0 Å². The average molecular weight is 263 g/mol. The fourth-order valence-electron chi connectivity index (χ4n) is 2.01. The molecule has 2 rings (SSSR count). The zero-order chi connectivity index (χ0) is 14.0. The lowest BCUT2D eigenvalue weighted by molar-refractivity contribution is 0.0935. The monoisotopic (exact) mass is 263 g/mol. The Morgan fingerprint density at radius 2 is 2.21 bits per heavy atom. The van der Waals surface area contributed by atoms with E-state index in [0.29, 0.717) is 11.5 Å². The van der Waals surface area contributed by atoms with Gasteiger partial charge in [0.2, 0.25) is 0 Å². The molecule has 0 fully saturated rings. The van der Waals surface area contributed by atoms with Crippen LogP contribution >= 0.6 is 0 Å². The number of halogens is 1. The molecule has 5 nitrogen and oxygen atoms in total. The number of carbonyl (C=O) groups excluding carboxylic acids is 1. The van der Waals surface area contributed by atoms with E-state index in [9.17, 15) is 9.18 Å². The summed E-state index contributed by atoms with van der Waals surface area (Å²) in [5.74, 6) is -0.501. The highest BCUT2D eigenvalue weighted by Crippen LogP contribution is 2.21. The van der Waals surface area contributed by atoms with Gasteiger partial charge in [-0.15, -0.1) is 0 Å². The maximum atomic E-state index is 13.4. The van der Waals surface area contributed by atoms with Crippen LogP contribution in [-0.4, -0.2) is 16.0 Å². The lowest BCUT2D eigenvalue weighted by atomic mass is 10.1. The van der Waals surface area contributed by atoms with Crippen LogP contribution in [0.15, 0.2) is 23.0 Å². The Kier molecular flexibility index (Phi) is 3.59. The second-order valence-corrected chi connectivity index (χ2v) is 4.29. The molecule has 0 radical (unpaired) electrons. The average Bonchev–Trinajstić information content (AvgIpc) is 2.69. The van der Waals surface area contributed by atoms with Crippen molar-refractivity contribution in [1.82, 2.24) is 15.5 Å². The number of hydrogen-bond donors (Lipinski definition) is 1. The molecule has 0 aliphatic rings. The molecule has 0 aliphatic carbocycles. The Morgan fingerprint density at radius 1 is 1.47 bits per heavy atom. The number of hydrogen-bond acceptors (Lipinski definition) is 4. The number of carbonyl (C=O) groups is 1. The molecule has 6 heteroatoms. The van der Waals surface area contributed by atoms with Crippen LogP contribution in [-0.2, 0) is 0 Å². The molecule has 2 heterocycles. The third-order valence-corrected chi connectivity index (χ3v) is 2.89. The van der Waals surface area contributed by atoms with Gasteiger partial charge in [-0.3, -0.25) is 9.78 Å². The number of nitrogens with one attached hydrogen (secondary N) is 1. The van der Waals surface area contributed by atoms with Gasteiger partial charge in [-0.1, -0.05) is 5.16 Å². The summed E-state index contributed by atoms with van der Waals surface area (Å²) in [6.07, 6.45) is 2.38. The van der Waals surface area contributed by atoms with Crippen molar-refractivity contribution in [3.63, 3.8) is 0 Å². The first kappa shape index (κ1) is 13.2. The minimum atomic E-state index is -0.647. The number of rotatable bonds is 3. The molecule has 0 saturated carbocycles. The van der Waals surface area contributed by atoms with E-state index in [2.05, 4.69) is 15.5 Å². The quantitative estimate of drug-likeness (QED) is 0.922. The molecule has 1 atom stereocenters. The van der Waals surface area contributed by atoms with Gasteiger partial charge in [-0.05, 0) is 26.8 Å². The van der Waals surface area contributed by atoms with Crippen LogP contribution in [0.2, 0.25) is 0 Å². The minimum Gasteiger partial charge on any atom is -0.361 e. The van der Waals surface area contributed by atoms with E-state index in [-0.39, 0.29) is 11.6 Å². The molecule has 0 aromatic carbocycles. The van der Waals surface area contributed by atoms with Crippen LogP contribution in [0.25, 0.3) is 0 Å². The Balaban J connectivity index is 2.18. The first-order valence-corrected chi connectivity index (χ1v) is 5.84. The highest BCUT2D eigenvalue weighted by atomic mass is 19.1. The Labute approximate surface area is 109 Å². The zero-order valence-corrected chi connectivity index (χ0v) is 10.9. The number of nitrogens with zero attached hydrogens (tertiary/aromatic N) is 2. The Morgan fingerprint density at radius 3 is 2.79 bits per heavy atom. The van der Waals surface area contributed by atoms with Crippen LogP contribution in [0.4, 0.5) is 4.39 Å². The normalized spacial score (nSPS) is 12.2. The maximum Gasteiger partial charge on any atom is 0.254 e. The van der Waals surface area contributed by atoms with Crippen molar-refractivity contribution in [1.29, 1.82) is 0 Å². The van der Waals surface area contributed by atoms with E-state index >= 15 is 0 Å². The van der Waals surface area contributed by atoms with E-state index in [1.54, 1.807) is 20.8 Å². The number of pyridine rings is 1. The lowest BCUT2D eigenvalue weighted by Crippen LogP contribution is -2.28. The summed E-state index contributed by atoms with van der Waals surface area (Å²) >= 11 is 0. The number of amides is 1. The van der Waals surface area contributed by atoms with E-state index in [0.717, 1.165) is 11.8 Å². The van der Waals surface area contributed by atoms with Crippen LogP contribution < -0.4 is 5.32 Å². The minimum absolute atomic E-state index is 0.0337. The summed E-state index contributed by atoms with van der Waals surface area (Å²) < 4.78 is 18.5. The highest BCUT2D eigenvalue weighted by Gasteiger charge is 2.20. The molecule has 2 aromatic heterocycles. The van der Waals surface area contributed by atoms with Crippen molar-refractivity contribution in [3.05, 3.63) is 46.9 Å². The summed E-state index contributed by atoms with van der Waals surface area (Å²) in [5.41, 5.74) is 1.48. The zero-order valence-electron chi connectivity index (χ0n) is 10.9. The predicted octanol–water partition coefficient (Wildman–Crippen LogP) is 2.32. The largest absolute Gasteiger partial charge is 0.361 e. The molecule has 1 unspecified atom stereocenters. The fraction of sp³-hybridized carbons (Fsp3) is 0.308. The summed E-state index contributed by atoms with van der Waals surface area (Å²) in [5, 5.41) is 6.54. The van der Waals surface area contributed by atoms with E-state index < -0.39 is 11.7 Å². The van der Waals surface area contributed by atoms with Crippen LogP contribution in [0.5, 0.6) is 0 Å². The van der Waals surface area contributed by atoms with Crippen molar-refractivity contribution in [2.24, 2.45) is 0 Å². The molecule has 0 saturated heterocycles. The summed E-state index contributed by atoms with van der Waals surface area (Å²) in [6, 6.07) is 1.02. The fourth-order valence-corrected chi connectivity index (χ4v) is 2.01. The van der Waals surface area contributed by atoms with Gasteiger partial charge in [0.05, 0.1) is 23.5 Å². The van der Waals surface area contributed by atoms with Gasteiger partial charge < -0.3 is 9.84 Å². The van der Waals surface area contributed by atoms with Crippen LogP contribution in [0, 0.1) is 19.7 Å². The first-order chi connectivity index (χ1) is 9.00. The van der Waals surface area contributed by atoms with E-state index in [4.69, 9.17) is 4.52 Å². The molecule has 19 heavy (non-hydrogen) atoms. The molecule has 2 aromatic rings. The first-order valence-electron chi connectivity index (χ1n) is 5.84. The van der Waals surface area contributed by atoms with Crippen molar-refractivity contribution in [2.75, 3.05) is 0 Å². The van der Waals surface area contributed by atoms with E-state index in [1.165, 1.54) is 12.3 Å². The SMILES string of the molecule is Cc1noc(C)c1C(C)NC(=O)c1ccncc1F. The van der Waals surface area contributed by atoms with Crippen molar-refractivity contribution >= 4 is 5.91 Å². The maximum absolute atomic E-state index is 13.4. The second-order valence-electron chi connectivity index (χ2n) is 4.29. The van der Waals surface area contributed by atoms with Crippen molar-refractivity contribution in [3.8, 4) is 0 Å². The Bertz CT molecular complexity index is 590. The molecule has 1 N–H and O–H groups in total. The second kappa shape index (κ2) is 5.17. The van der Waals surface area contributed by atoms with Crippen molar-refractivity contribution in [2.45, 2.75) is 26.8 Å². The topological polar surface area (TPSA) is 68.0 Å². The number of aryl methyl sites for hydroxylation is 2. The summed E-state index contributed by atoms with van der Waals surface area (Å²) in [4.78, 5) is 15.6. The van der Waals surface area contributed by atoms with Crippen LogP contribution in [0.1, 0.15) is 40.3 Å². The highest BCUT2D eigenvalue weighted by molar-refractivity contribution is 5.94. The molecular formula is C13H14FN3O2. The molecule has 100 valence electrons. The van der Waals surface area contributed by atoms with Crippen molar-refractivity contribution < 1.29 is 13.7 Å². The van der Waals surface area contributed by atoms with Gasteiger partial charge in [-0.2, -0.15) is 0 Å².